The van der Waals surface area contributed by atoms with Gasteiger partial charge < -0.3 is 9.13 Å². The Kier molecular flexibility index (Phi) is 7.33. The second-order valence-electron chi connectivity index (χ2n) is 9.40. The molecule has 6 heteroatoms. The van der Waals surface area contributed by atoms with Crippen LogP contribution in [0.15, 0.2) is 96.1 Å². The van der Waals surface area contributed by atoms with Crippen molar-refractivity contribution < 1.29 is 4.79 Å². The molecule has 0 unspecified atom stereocenters. The van der Waals surface area contributed by atoms with Crippen LogP contribution >= 0.6 is 22.6 Å². The zero-order valence-corrected chi connectivity index (χ0v) is 24.0. The fraction of sp³-hybridized carbons (Fsp3) is 0.125. The zero-order chi connectivity index (χ0) is 26.8. The summed E-state index contributed by atoms with van der Waals surface area (Å²) in [6.07, 6.45) is 1.71. The van der Waals surface area contributed by atoms with Gasteiger partial charge in [0.1, 0.15) is 0 Å². The van der Waals surface area contributed by atoms with Gasteiger partial charge in [0.2, 0.25) is 0 Å². The first-order valence-corrected chi connectivity index (χ1v) is 13.5. The SMILES string of the molecule is Cc1cc(-n2c(C)cc(/C=N\NC(=O)c3ccc(-n4c(C)ccc4-c4ccccc4)cc3)c2C)ccc1I. The minimum Gasteiger partial charge on any atom is -0.318 e. The van der Waals surface area contributed by atoms with E-state index >= 15 is 0 Å². The van der Waals surface area contributed by atoms with Gasteiger partial charge in [0.25, 0.3) is 5.91 Å². The van der Waals surface area contributed by atoms with Gasteiger partial charge >= 0.3 is 0 Å². The van der Waals surface area contributed by atoms with E-state index in [1.165, 1.54) is 9.13 Å². The normalized spacial score (nSPS) is 11.3. The average Bonchev–Trinajstić information content (AvgIpc) is 3.44. The van der Waals surface area contributed by atoms with Gasteiger partial charge in [-0.3, -0.25) is 4.79 Å². The first-order valence-electron chi connectivity index (χ1n) is 12.5. The van der Waals surface area contributed by atoms with Crippen LogP contribution in [-0.2, 0) is 0 Å². The number of rotatable bonds is 6. The number of benzene rings is 3. The van der Waals surface area contributed by atoms with E-state index in [0.29, 0.717) is 5.56 Å². The third kappa shape index (κ3) is 5.09. The molecule has 5 rings (SSSR count). The Hall–Kier alpha value is -3.91. The van der Waals surface area contributed by atoms with E-state index in [4.69, 9.17) is 0 Å². The number of amides is 1. The number of carbonyl (C=O) groups is 1. The summed E-state index contributed by atoms with van der Waals surface area (Å²) >= 11 is 2.35. The van der Waals surface area contributed by atoms with Crippen molar-refractivity contribution >= 4 is 34.7 Å². The molecule has 0 saturated heterocycles. The van der Waals surface area contributed by atoms with Gasteiger partial charge in [-0.05, 0) is 122 Å². The van der Waals surface area contributed by atoms with Crippen molar-refractivity contribution in [1.82, 2.24) is 14.6 Å². The first-order chi connectivity index (χ1) is 18.3. The van der Waals surface area contributed by atoms with Crippen LogP contribution in [-0.4, -0.2) is 21.3 Å². The molecule has 5 nitrogen and oxygen atoms in total. The second kappa shape index (κ2) is 10.8. The number of hydrogen-bond acceptors (Lipinski definition) is 2. The van der Waals surface area contributed by atoms with Crippen molar-refractivity contribution in [3.8, 4) is 22.6 Å². The number of nitrogens with zero attached hydrogens (tertiary/aromatic N) is 3. The maximum atomic E-state index is 12.8. The molecule has 3 aromatic carbocycles. The van der Waals surface area contributed by atoms with E-state index in [2.05, 4.69) is 118 Å². The Bertz CT molecular complexity index is 1640. The third-order valence-electron chi connectivity index (χ3n) is 6.77. The van der Waals surface area contributed by atoms with Gasteiger partial charge in [-0.15, -0.1) is 0 Å². The maximum Gasteiger partial charge on any atom is 0.271 e. The summed E-state index contributed by atoms with van der Waals surface area (Å²) in [7, 11) is 0. The molecule has 0 aliphatic heterocycles. The second-order valence-corrected chi connectivity index (χ2v) is 10.6. The van der Waals surface area contributed by atoms with Gasteiger partial charge in [0, 0.05) is 43.2 Å². The lowest BCUT2D eigenvalue weighted by atomic mass is 10.1. The molecule has 2 heterocycles. The molecule has 2 aromatic heterocycles. The summed E-state index contributed by atoms with van der Waals surface area (Å²) < 4.78 is 5.64. The summed E-state index contributed by atoms with van der Waals surface area (Å²) in [6, 6.07) is 30.6. The summed E-state index contributed by atoms with van der Waals surface area (Å²) in [4.78, 5) is 12.8. The molecule has 38 heavy (non-hydrogen) atoms. The Morgan fingerprint density at radius 3 is 2.21 bits per heavy atom. The fourth-order valence-electron chi connectivity index (χ4n) is 4.79. The van der Waals surface area contributed by atoms with Crippen molar-refractivity contribution in [3.05, 3.63) is 128 Å². The highest BCUT2D eigenvalue weighted by molar-refractivity contribution is 14.1. The molecular weight excluding hydrogens is 583 g/mol. The van der Waals surface area contributed by atoms with Crippen LogP contribution in [0.4, 0.5) is 0 Å². The quantitative estimate of drug-likeness (QED) is 0.120. The lowest BCUT2D eigenvalue weighted by Crippen LogP contribution is -2.17. The molecule has 0 bridgehead atoms. The summed E-state index contributed by atoms with van der Waals surface area (Å²) in [5, 5.41) is 4.25. The van der Waals surface area contributed by atoms with Crippen molar-refractivity contribution in [2.24, 2.45) is 5.10 Å². The van der Waals surface area contributed by atoms with Crippen LogP contribution < -0.4 is 5.43 Å². The van der Waals surface area contributed by atoms with Crippen molar-refractivity contribution in [2.45, 2.75) is 27.7 Å². The molecule has 0 fully saturated rings. The molecule has 190 valence electrons. The Balaban J connectivity index is 1.31. The molecule has 1 amide bonds. The van der Waals surface area contributed by atoms with Gasteiger partial charge in [-0.2, -0.15) is 5.10 Å². The smallest absolute Gasteiger partial charge is 0.271 e. The topological polar surface area (TPSA) is 51.3 Å². The molecule has 0 aliphatic rings. The molecule has 0 atom stereocenters. The summed E-state index contributed by atoms with van der Waals surface area (Å²) in [6.45, 7) is 8.34. The van der Waals surface area contributed by atoms with Crippen LogP contribution in [0.3, 0.4) is 0 Å². The molecule has 0 aliphatic carbocycles. The number of halogens is 1. The first kappa shape index (κ1) is 25.7. The van der Waals surface area contributed by atoms with Crippen LogP contribution in [0, 0.1) is 31.3 Å². The van der Waals surface area contributed by atoms with Gasteiger partial charge in [-0.1, -0.05) is 30.3 Å². The zero-order valence-electron chi connectivity index (χ0n) is 21.9. The van der Waals surface area contributed by atoms with E-state index in [1.807, 2.05) is 42.5 Å². The van der Waals surface area contributed by atoms with Crippen LogP contribution in [0.25, 0.3) is 22.6 Å². The number of hydrazone groups is 1. The maximum absolute atomic E-state index is 12.8. The fourth-order valence-corrected chi connectivity index (χ4v) is 5.12. The average molecular weight is 613 g/mol. The summed E-state index contributed by atoms with van der Waals surface area (Å²) in [5.74, 6) is -0.248. The van der Waals surface area contributed by atoms with Crippen molar-refractivity contribution in [2.75, 3.05) is 0 Å². The standard InChI is InChI=1S/C32H29IN4O/c1-21-18-29(15-16-30(21)33)36-23(3)19-27(24(36)4)20-34-35-32(38)26-11-13-28(14-12-26)37-22(2)10-17-31(37)25-8-6-5-7-9-25/h5-20H,1-4H3,(H,35,38)/b34-20-. The van der Waals surface area contributed by atoms with Gasteiger partial charge in [0.15, 0.2) is 0 Å². The van der Waals surface area contributed by atoms with E-state index in [0.717, 1.165) is 45.3 Å². The van der Waals surface area contributed by atoms with Crippen LogP contribution in [0.5, 0.6) is 0 Å². The molecule has 0 spiro atoms. The van der Waals surface area contributed by atoms with Gasteiger partial charge in [-0.25, -0.2) is 5.43 Å². The predicted molar refractivity (Wildman–Crippen MR) is 164 cm³/mol. The molecule has 0 saturated carbocycles. The molecule has 0 radical (unpaired) electrons. The number of aryl methyl sites for hydroxylation is 3. The predicted octanol–water partition coefficient (Wildman–Crippen LogP) is 7.54. The Morgan fingerprint density at radius 1 is 0.789 bits per heavy atom. The number of nitrogens with one attached hydrogen (secondary N) is 1. The third-order valence-corrected chi connectivity index (χ3v) is 7.98. The molecular formula is C32H29IN4O. The molecule has 1 N–H and O–H groups in total. The largest absolute Gasteiger partial charge is 0.318 e. The van der Waals surface area contributed by atoms with Crippen molar-refractivity contribution in [1.29, 1.82) is 0 Å². The van der Waals surface area contributed by atoms with E-state index in [-0.39, 0.29) is 5.91 Å². The minimum absolute atomic E-state index is 0.248. The number of aromatic nitrogens is 2. The van der Waals surface area contributed by atoms with Crippen molar-refractivity contribution in [3.63, 3.8) is 0 Å². The Labute approximate surface area is 237 Å². The lowest BCUT2D eigenvalue weighted by Gasteiger charge is -2.12. The van der Waals surface area contributed by atoms with Crippen LogP contribution in [0.1, 0.15) is 38.6 Å². The van der Waals surface area contributed by atoms with E-state index < -0.39 is 0 Å². The summed E-state index contributed by atoms with van der Waals surface area (Å²) in [5.41, 5.74) is 13.1. The van der Waals surface area contributed by atoms with E-state index in [9.17, 15) is 4.79 Å². The van der Waals surface area contributed by atoms with Gasteiger partial charge in [0.05, 0.1) is 11.9 Å². The monoisotopic (exact) mass is 612 g/mol. The van der Waals surface area contributed by atoms with Crippen LogP contribution in [0.2, 0.25) is 0 Å². The highest BCUT2D eigenvalue weighted by atomic mass is 127. The minimum atomic E-state index is -0.248. The number of hydrogen-bond donors (Lipinski definition) is 1. The Morgan fingerprint density at radius 2 is 1.50 bits per heavy atom. The highest BCUT2D eigenvalue weighted by Crippen LogP contribution is 2.27. The van der Waals surface area contributed by atoms with E-state index in [1.54, 1.807) is 6.21 Å². The molecule has 5 aromatic rings. The number of carbonyl (C=O) groups excluding carboxylic acids is 1. The highest BCUT2D eigenvalue weighted by Gasteiger charge is 2.12. The lowest BCUT2D eigenvalue weighted by molar-refractivity contribution is 0.0955.